The minimum Gasteiger partial charge on any atom is -0.322 e. The average Bonchev–Trinajstić information content (AvgIpc) is 3.20. The van der Waals surface area contributed by atoms with Crippen molar-refractivity contribution in [3.05, 3.63) is 88.0 Å². The number of fused-ring (bicyclic) bond motifs is 1. The van der Waals surface area contributed by atoms with Gasteiger partial charge in [0.15, 0.2) is 4.34 Å². The summed E-state index contributed by atoms with van der Waals surface area (Å²) in [5.74, 6) is -0.485. The molecule has 0 aliphatic heterocycles. The first-order chi connectivity index (χ1) is 15.9. The number of thioether (sulfide) groups is 1. The molecule has 33 heavy (non-hydrogen) atoms. The molecule has 0 aliphatic rings. The zero-order valence-corrected chi connectivity index (χ0v) is 19.0. The third kappa shape index (κ3) is 5.36. The van der Waals surface area contributed by atoms with Crippen molar-refractivity contribution in [2.75, 3.05) is 16.4 Å². The van der Waals surface area contributed by atoms with Crippen LogP contribution in [0.3, 0.4) is 0 Å². The van der Waals surface area contributed by atoms with Crippen LogP contribution >= 0.6 is 23.1 Å². The Hall–Kier alpha value is -3.76. The van der Waals surface area contributed by atoms with Crippen molar-refractivity contribution >= 4 is 62.2 Å². The van der Waals surface area contributed by atoms with Crippen LogP contribution in [0.15, 0.2) is 71.1 Å². The number of hydrogen-bond acceptors (Lipinski definition) is 7. The number of aryl methyl sites for hydroxylation is 1. The van der Waals surface area contributed by atoms with Crippen LogP contribution in [0.25, 0.3) is 10.2 Å². The maximum Gasteiger partial charge on any atom is 0.292 e. The van der Waals surface area contributed by atoms with Gasteiger partial charge in [0.2, 0.25) is 5.91 Å². The maximum atomic E-state index is 12.6. The lowest BCUT2D eigenvalue weighted by Gasteiger charge is -2.07. The van der Waals surface area contributed by atoms with E-state index in [1.165, 1.54) is 35.2 Å². The third-order valence-electron chi connectivity index (χ3n) is 4.72. The summed E-state index contributed by atoms with van der Waals surface area (Å²) in [6, 6.07) is 18.8. The minimum atomic E-state index is -0.536. The highest BCUT2D eigenvalue weighted by Gasteiger charge is 2.16. The number of nitro groups is 1. The number of amides is 2. The lowest BCUT2D eigenvalue weighted by atomic mass is 10.1. The highest BCUT2D eigenvalue weighted by atomic mass is 32.2. The van der Waals surface area contributed by atoms with Gasteiger partial charge < -0.3 is 10.6 Å². The first kappa shape index (κ1) is 22.4. The van der Waals surface area contributed by atoms with Gasteiger partial charge in [-0.05, 0) is 42.8 Å². The second kappa shape index (κ2) is 9.80. The molecule has 4 rings (SSSR count). The number of rotatable bonds is 7. The van der Waals surface area contributed by atoms with Gasteiger partial charge in [-0.25, -0.2) is 4.98 Å². The molecule has 0 radical (unpaired) electrons. The van der Waals surface area contributed by atoms with Gasteiger partial charge in [-0.2, -0.15) is 0 Å². The van der Waals surface area contributed by atoms with E-state index in [1.807, 2.05) is 37.3 Å². The van der Waals surface area contributed by atoms with E-state index in [0.717, 1.165) is 15.8 Å². The van der Waals surface area contributed by atoms with Crippen LogP contribution in [0, 0.1) is 17.0 Å². The van der Waals surface area contributed by atoms with Crippen LogP contribution in [0.2, 0.25) is 0 Å². The number of hydrogen-bond donors (Lipinski definition) is 2. The van der Waals surface area contributed by atoms with E-state index in [9.17, 15) is 19.7 Å². The summed E-state index contributed by atoms with van der Waals surface area (Å²) in [7, 11) is 0. The molecule has 8 nitrogen and oxygen atoms in total. The van der Waals surface area contributed by atoms with Crippen molar-refractivity contribution in [3.63, 3.8) is 0 Å². The Labute approximate surface area is 197 Å². The fourth-order valence-electron chi connectivity index (χ4n) is 3.12. The molecule has 0 fully saturated rings. The van der Waals surface area contributed by atoms with Gasteiger partial charge in [-0.1, -0.05) is 42.1 Å². The van der Waals surface area contributed by atoms with Crippen molar-refractivity contribution in [1.82, 2.24) is 4.98 Å². The molecule has 0 aliphatic carbocycles. The first-order valence-electron chi connectivity index (χ1n) is 9.84. The number of nitro benzene ring substituents is 1. The van der Waals surface area contributed by atoms with Crippen molar-refractivity contribution < 1.29 is 14.5 Å². The number of aromatic nitrogens is 1. The zero-order valence-electron chi connectivity index (χ0n) is 17.4. The first-order valence-corrected chi connectivity index (χ1v) is 11.6. The van der Waals surface area contributed by atoms with E-state index in [2.05, 4.69) is 15.6 Å². The van der Waals surface area contributed by atoms with Crippen LogP contribution < -0.4 is 10.6 Å². The molecule has 2 amide bonds. The second-order valence-corrected chi connectivity index (χ2v) is 9.30. The van der Waals surface area contributed by atoms with Gasteiger partial charge in [-0.15, -0.1) is 11.3 Å². The molecule has 0 unspecified atom stereocenters. The van der Waals surface area contributed by atoms with E-state index >= 15 is 0 Å². The molecule has 2 N–H and O–H groups in total. The van der Waals surface area contributed by atoms with E-state index in [0.29, 0.717) is 15.6 Å². The Bertz CT molecular complexity index is 1370. The molecule has 4 aromatic rings. The Morgan fingerprint density at radius 3 is 2.61 bits per heavy atom. The van der Waals surface area contributed by atoms with Crippen molar-refractivity contribution in [2.24, 2.45) is 0 Å². The zero-order chi connectivity index (χ0) is 23.4. The number of carbonyl (C=O) groups is 2. The molecular weight excluding hydrogens is 460 g/mol. The van der Waals surface area contributed by atoms with Crippen LogP contribution in [0.5, 0.6) is 0 Å². The quantitative estimate of drug-likeness (QED) is 0.206. The summed E-state index contributed by atoms with van der Waals surface area (Å²) in [6.45, 7) is 1.89. The highest BCUT2D eigenvalue weighted by molar-refractivity contribution is 8.01. The Morgan fingerprint density at radius 2 is 1.82 bits per heavy atom. The molecular formula is C23H18N4O4S2. The summed E-state index contributed by atoms with van der Waals surface area (Å²) in [6.07, 6.45) is 0. The summed E-state index contributed by atoms with van der Waals surface area (Å²) >= 11 is 2.65. The van der Waals surface area contributed by atoms with Crippen molar-refractivity contribution in [1.29, 1.82) is 0 Å². The van der Waals surface area contributed by atoms with Crippen LogP contribution in [-0.4, -0.2) is 27.5 Å². The molecule has 3 aromatic carbocycles. The normalized spacial score (nSPS) is 10.7. The number of nitrogens with zero attached hydrogens (tertiary/aromatic N) is 2. The molecule has 0 spiro atoms. The van der Waals surface area contributed by atoms with Gasteiger partial charge in [-0.3, -0.25) is 19.7 Å². The summed E-state index contributed by atoms with van der Waals surface area (Å²) < 4.78 is 1.56. The molecule has 0 bridgehead atoms. The second-order valence-electron chi connectivity index (χ2n) is 7.04. The average molecular weight is 479 g/mol. The van der Waals surface area contributed by atoms with Crippen LogP contribution in [-0.2, 0) is 4.79 Å². The van der Waals surface area contributed by atoms with Crippen LogP contribution in [0.4, 0.5) is 17.1 Å². The number of nitrogens with one attached hydrogen (secondary N) is 2. The molecule has 1 aromatic heterocycles. The maximum absolute atomic E-state index is 12.6. The Morgan fingerprint density at radius 1 is 1.06 bits per heavy atom. The number of thiazole rings is 1. The third-order valence-corrected chi connectivity index (χ3v) is 6.88. The molecule has 166 valence electrons. The molecule has 0 saturated heterocycles. The SMILES string of the molecule is Cc1ccccc1C(=O)Nc1ccc2nc(SCC(=O)Nc3ccccc3[N+](=O)[O-])sc2c1. The van der Waals surface area contributed by atoms with Gasteiger partial charge >= 0.3 is 0 Å². The summed E-state index contributed by atoms with van der Waals surface area (Å²) in [5, 5.41) is 16.6. The number of benzene rings is 3. The van der Waals surface area contributed by atoms with Gasteiger partial charge in [0.05, 0.1) is 20.9 Å². The topological polar surface area (TPSA) is 114 Å². The predicted octanol–water partition coefficient (Wildman–Crippen LogP) is 5.50. The van der Waals surface area contributed by atoms with Gasteiger partial charge in [0.1, 0.15) is 5.69 Å². The molecule has 1 heterocycles. The highest BCUT2D eigenvalue weighted by Crippen LogP contribution is 2.32. The predicted molar refractivity (Wildman–Crippen MR) is 131 cm³/mol. The number of carbonyl (C=O) groups excluding carboxylic acids is 2. The van der Waals surface area contributed by atoms with Gasteiger partial charge in [0.25, 0.3) is 11.6 Å². The van der Waals surface area contributed by atoms with E-state index in [-0.39, 0.29) is 28.9 Å². The Kier molecular flexibility index (Phi) is 6.66. The van der Waals surface area contributed by atoms with Gasteiger partial charge in [0, 0.05) is 17.3 Å². The van der Waals surface area contributed by atoms with Crippen molar-refractivity contribution in [3.8, 4) is 0 Å². The molecule has 0 saturated carbocycles. The monoisotopic (exact) mass is 478 g/mol. The summed E-state index contributed by atoms with van der Waals surface area (Å²) in [5.41, 5.74) is 2.93. The number of para-hydroxylation sites is 2. The largest absolute Gasteiger partial charge is 0.322 e. The standard InChI is InChI=1S/C23H18N4O4S2/c1-14-6-2-3-7-16(14)22(29)24-15-10-11-18-20(12-15)33-23(26-18)32-13-21(28)25-17-8-4-5-9-19(17)27(30)31/h2-12H,13H2,1H3,(H,24,29)(H,25,28). The smallest absolute Gasteiger partial charge is 0.292 e. The molecule has 0 atom stereocenters. The van der Waals surface area contributed by atoms with E-state index < -0.39 is 4.92 Å². The lowest BCUT2D eigenvalue weighted by molar-refractivity contribution is -0.383. The summed E-state index contributed by atoms with van der Waals surface area (Å²) in [4.78, 5) is 39.9. The lowest BCUT2D eigenvalue weighted by Crippen LogP contribution is -2.15. The van der Waals surface area contributed by atoms with E-state index in [1.54, 1.807) is 24.3 Å². The van der Waals surface area contributed by atoms with Crippen LogP contribution in [0.1, 0.15) is 15.9 Å². The fraction of sp³-hybridized carbons (Fsp3) is 0.0870. The fourth-order valence-corrected chi connectivity index (χ4v) is 5.03. The Balaban J connectivity index is 1.40. The number of anilines is 2. The van der Waals surface area contributed by atoms with Crippen molar-refractivity contribution in [2.45, 2.75) is 11.3 Å². The minimum absolute atomic E-state index is 0.0583. The molecule has 10 heteroatoms. The van der Waals surface area contributed by atoms with E-state index in [4.69, 9.17) is 0 Å².